The Morgan fingerprint density at radius 3 is 2.92 bits per heavy atom. The summed E-state index contributed by atoms with van der Waals surface area (Å²) in [6, 6.07) is 1.61. The van der Waals surface area contributed by atoms with Crippen LogP contribution in [0.5, 0.6) is 0 Å². The van der Waals surface area contributed by atoms with Crippen LogP contribution < -0.4 is 5.56 Å². The van der Waals surface area contributed by atoms with E-state index in [1.165, 1.54) is 4.68 Å². The fraction of sp³-hybridized carbons (Fsp3) is 0.556. The highest BCUT2D eigenvalue weighted by atomic mass is 127. The summed E-state index contributed by atoms with van der Waals surface area (Å²) in [4.78, 5) is 11.4. The van der Waals surface area contributed by atoms with Crippen molar-refractivity contribution in [2.24, 2.45) is 5.92 Å². The maximum absolute atomic E-state index is 11.4. The van der Waals surface area contributed by atoms with E-state index in [4.69, 9.17) is 0 Å². The maximum Gasteiger partial charge on any atom is 0.267 e. The number of nitrogens with zero attached hydrogens (tertiary/aromatic N) is 2. The summed E-state index contributed by atoms with van der Waals surface area (Å²) in [5.41, 5.74) is -0.00722. The summed E-state index contributed by atoms with van der Waals surface area (Å²) >= 11 is 2.09. The maximum atomic E-state index is 11.4. The first-order chi connectivity index (χ1) is 6.13. The van der Waals surface area contributed by atoms with Gasteiger partial charge in [0.15, 0.2) is 0 Å². The Morgan fingerprint density at radius 2 is 2.38 bits per heavy atom. The average Bonchev–Trinajstić information content (AvgIpc) is 2.09. The van der Waals surface area contributed by atoms with Gasteiger partial charge < -0.3 is 0 Å². The first-order valence-electron chi connectivity index (χ1n) is 4.36. The molecule has 1 unspecified atom stereocenters. The molecule has 0 saturated heterocycles. The van der Waals surface area contributed by atoms with Crippen molar-refractivity contribution in [3.8, 4) is 0 Å². The Kier molecular flexibility index (Phi) is 3.90. The normalized spacial score (nSPS) is 12.8. The SMILES string of the molecule is CCC(C)Cn1ncc(I)cc1=O. The molecule has 1 aromatic rings. The van der Waals surface area contributed by atoms with Crippen LogP contribution in [0.4, 0.5) is 0 Å². The van der Waals surface area contributed by atoms with Crippen LogP contribution in [0.3, 0.4) is 0 Å². The lowest BCUT2D eigenvalue weighted by molar-refractivity contribution is 0.424. The predicted octanol–water partition coefficient (Wildman–Crippen LogP) is 1.89. The van der Waals surface area contributed by atoms with E-state index < -0.39 is 0 Å². The van der Waals surface area contributed by atoms with Gasteiger partial charge in [0.2, 0.25) is 0 Å². The monoisotopic (exact) mass is 292 g/mol. The van der Waals surface area contributed by atoms with Crippen molar-refractivity contribution in [1.29, 1.82) is 0 Å². The third kappa shape index (κ3) is 3.10. The molecule has 0 aliphatic heterocycles. The first kappa shape index (κ1) is 10.7. The third-order valence-corrected chi connectivity index (χ3v) is 2.61. The summed E-state index contributed by atoms with van der Waals surface area (Å²) in [6.07, 6.45) is 2.78. The number of hydrogen-bond donors (Lipinski definition) is 0. The minimum atomic E-state index is -0.00722. The third-order valence-electron chi connectivity index (χ3n) is 2.02. The zero-order valence-electron chi connectivity index (χ0n) is 7.83. The van der Waals surface area contributed by atoms with E-state index in [1.54, 1.807) is 12.3 Å². The van der Waals surface area contributed by atoms with Crippen molar-refractivity contribution in [3.63, 3.8) is 0 Å². The molecule has 0 aliphatic carbocycles. The summed E-state index contributed by atoms with van der Waals surface area (Å²) in [6.45, 7) is 4.95. The van der Waals surface area contributed by atoms with Gasteiger partial charge in [-0.1, -0.05) is 20.3 Å². The molecule has 0 spiro atoms. The molecule has 1 rings (SSSR count). The molecule has 1 heterocycles. The summed E-state index contributed by atoms with van der Waals surface area (Å²) < 4.78 is 2.42. The van der Waals surface area contributed by atoms with Crippen molar-refractivity contribution in [1.82, 2.24) is 9.78 Å². The van der Waals surface area contributed by atoms with Gasteiger partial charge in [0.25, 0.3) is 5.56 Å². The molecule has 13 heavy (non-hydrogen) atoms. The number of rotatable bonds is 3. The van der Waals surface area contributed by atoms with E-state index in [0.29, 0.717) is 12.5 Å². The average molecular weight is 292 g/mol. The predicted molar refractivity (Wildman–Crippen MR) is 60.7 cm³/mol. The molecule has 0 aromatic carbocycles. The Labute approximate surface area is 91.3 Å². The molecule has 0 amide bonds. The van der Waals surface area contributed by atoms with Crippen LogP contribution in [0, 0.1) is 9.49 Å². The van der Waals surface area contributed by atoms with Crippen molar-refractivity contribution in [2.45, 2.75) is 26.8 Å². The van der Waals surface area contributed by atoms with Gasteiger partial charge in [-0.15, -0.1) is 0 Å². The molecule has 1 aromatic heterocycles. The van der Waals surface area contributed by atoms with Crippen LogP contribution in [0.1, 0.15) is 20.3 Å². The van der Waals surface area contributed by atoms with Gasteiger partial charge in [0.05, 0.1) is 6.20 Å². The summed E-state index contributed by atoms with van der Waals surface area (Å²) in [5.74, 6) is 0.505. The lowest BCUT2D eigenvalue weighted by Crippen LogP contribution is -2.24. The molecule has 0 fully saturated rings. The quantitative estimate of drug-likeness (QED) is 0.797. The second kappa shape index (κ2) is 4.74. The Bertz CT molecular complexity index is 335. The molecule has 1 atom stereocenters. The minimum absolute atomic E-state index is 0.00722. The van der Waals surface area contributed by atoms with E-state index in [2.05, 4.69) is 41.5 Å². The molecule has 0 aliphatic rings. The smallest absolute Gasteiger partial charge is 0.267 e. The van der Waals surface area contributed by atoms with Gasteiger partial charge in [-0.3, -0.25) is 4.79 Å². The fourth-order valence-corrected chi connectivity index (χ4v) is 1.36. The van der Waals surface area contributed by atoms with Crippen LogP contribution in [0.2, 0.25) is 0 Å². The van der Waals surface area contributed by atoms with E-state index in [0.717, 1.165) is 9.99 Å². The second-order valence-electron chi connectivity index (χ2n) is 3.21. The van der Waals surface area contributed by atoms with Gasteiger partial charge in [-0.05, 0) is 28.5 Å². The molecule has 4 heteroatoms. The van der Waals surface area contributed by atoms with Crippen molar-refractivity contribution < 1.29 is 0 Å². The molecule has 0 bridgehead atoms. The van der Waals surface area contributed by atoms with Crippen LogP contribution in [-0.4, -0.2) is 9.78 Å². The van der Waals surface area contributed by atoms with E-state index >= 15 is 0 Å². The zero-order valence-corrected chi connectivity index (χ0v) is 9.98. The number of aromatic nitrogens is 2. The largest absolute Gasteiger partial charge is 0.268 e. The molecule has 0 radical (unpaired) electrons. The zero-order chi connectivity index (χ0) is 9.84. The summed E-state index contributed by atoms with van der Waals surface area (Å²) in [5, 5.41) is 4.06. The molecular formula is C9H13IN2O. The van der Waals surface area contributed by atoms with E-state index in [1.807, 2.05) is 0 Å². The van der Waals surface area contributed by atoms with Crippen LogP contribution in [0.25, 0.3) is 0 Å². The molecule has 3 nitrogen and oxygen atoms in total. The van der Waals surface area contributed by atoms with Gasteiger partial charge in [-0.25, -0.2) is 4.68 Å². The lowest BCUT2D eigenvalue weighted by Gasteiger charge is -2.09. The second-order valence-corrected chi connectivity index (χ2v) is 4.45. The van der Waals surface area contributed by atoms with Crippen molar-refractivity contribution in [2.75, 3.05) is 0 Å². The van der Waals surface area contributed by atoms with Gasteiger partial charge in [0.1, 0.15) is 0 Å². The number of hydrogen-bond acceptors (Lipinski definition) is 2. The highest BCUT2D eigenvalue weighted by molar-refractivity contribution is 14.1. The van der Waals surface area contributed by atoms with Crippen molar-refractivity contribution in [3.05, 3.63) is 26.2 Å². The van der Waals surface area contributed by atoms with E-state index in [9.17, 15) is 4.79 Å². The molecule has 0 saturated carbocycles. The fourth-order valence-electron chi connectivity index (χ4n) is 0.973. The highest BCUT2D eigenvalue weighted by Crippen LogP contribution is 2.02. The number of halogens is 1. The van der Waals surface area contributed by atoms with Crippen LogP contribution in [0.15, 0.2) is 17.1 Å². The topological polar surface area (TPSA) is 34.9 Å². The van der Waals surface area contributed by atoms with Crippen LogP contribution >= 0.6 is 22.6 Å². The first-order valence-corrected chi connectivity index (χ1v) is 5.44. The lowest BCUT2D eigenvalue weighted by atomic mass is 10.1. The van der Waals surface area contributed by atoms with Gasteiger partial charge in [0, 0.05) is 16.2 Å². The van der Waals surface area contributed by atoms with Gasteiger partial charge >= 0.3 is 0 Å². The Hall–Kier alpha value is -0.390. The van der Waals surface area contributed by atoms with E-state index in [-0.39, 0.29) is 5.56 Å². The highest BCUT2D eigenvalue weighted by Gasteiger charge is 2.03. The van der Waals surface area contributed by atoms with Crippen molar-refractivity contribution >= 4 is 22.6 Å². The van der Waals surface area contributed by atoms with Crippen LogP contribution in [-0.2, 0) is 6.54 Å². The Morgan fingerprint density at radius 1 is 1.69 bits per heavy atom. The minimum Gasteiger partial charge on any atom is -0.268 e. The summed E-state index contributed by atoms with van der Waals surface area (Å²) in [7, 11) is 0. The standard InChI is InChI=1S/C9H13IN2O/c1-3-7(2)6-12-9(13)4-8(10)5-11-12/h4-5,7H,3,6H2,1-2H3. The molecular weight excluding hydrogens is 279 g/mol. The van der Waals surface area contributed by atoms with Gasteiger partial charge in [-0.2, -0.15) is 5.10 Å². The molecule has 72 valence electrons. The molecule has 0 N–H and O–H groups in total. The Balaban J connectivity index is 2.84.